The molecule has 1 amide bonds. The predicted molar refractivity (Wildman–Crippen MR) is 99.5 cm³/mol. The molecule has 0 unspecified atom stereocenters. The molecule has 1 aliphatic rings. The summed E-state index contributed by atoms with van der Waals surface area (Å²) in [6.07, 6.45) is 1.48. The molecule has 0 atom stereocenters. The molecule has 2 aromatic rings. The van der Waals surface area contributed by atoms with Crippen molar-refractivity contribution < 1.29 is 9.18 Å². The number of hydrogen-bond donors (Lipinski definition) is 1. The Kier molecular flexibility index (Phi) is 5.94. The van der Waals surface area contributed by atoms with E-state index in [0.29, 0.717) is 27.8 Å². The van der Waals surface area contributed by atoms with E-state index in [9.17, 15) is 9.18 Å². The van der Waals surface area contributed by atoms with Gasteiger partial charge in [-0.1, -0.05) is 41.4 Å². The number of piperidine rings is 1. The number of amides is 1. The van der Waals surface area contributed by atoms with Crippen LogP contribution in [0.25, 0.3) is 0 Å². The first kappa shape index (κ1) is 18.2. The summed E-state index contributed by atoms with van der Waals surface area (Å²) in [5.41, 5.74) is 1.27. The number of rotatable bonds is 4. The molecule has 25 heavy (non-hydrogen) atoms. The van der Waals surface area contributed by atoms with Crippen LogP contribution in [0.1, 0.15) is 18.4 Å². The minimum atomic E-state index is -0.286. The largest absolute Gasteiger partial charge is 0.325 e. The highest BCUT2D eigenvalue weighted by Crippen LogP contribution is 2.25. The Hall–Kier alpha value is -1.62. The second-order valence-electron chi connectivity index (χ2n) is 6.26. The summed E-state index contributed by atoms with van der Waals surface area (Å²) >= 11 is 11.9. The molecule has 0 saturated carbocycles. The molecule has 0 aliphatic carbocycles. The van der Waals surface area contributed by atoms with Crippen LogP contribution in [0.5, 0.6) is 0 Å². The standard InChI is InChI=1S/C19H19Cl2FN2O/c20-15-6-5-14(17(22)11-15)12-24-9-7-13(8-10-24)19(25)23-18-4-2-1-3-16(18)21/h1-6,11,13H,7-10,12H2,(H,23,25). The molecule has 3 rings (SSSR count). The Morgan fingerprint density at radius 2 is 1.88 bits per heavy atom. The second-order valence-corrected chi connectivity index (χ2v) is 7.10. The summed E-state index contributed by atoms with van der Waals surface area (Å²) in [4.78, 5) is 14.6. The van der Waals surface area contributed by atoms with Crippen molar-refractivity contribution in [1.29, 1.82) is 0 Å². The lowest BCUT2D eigenvalue weighted by Gasteiger charge is -2.31. The lowest BCUT2D eigenvalue weighted by atomic mass is 9.95. The fourth-order valence-corrected chi connectivity index (χ4v) is 3.38. The van der Waals surface area contributed by atoms with Gasteiger partial charge in [-0.2, -0.15) is 0 Å². The van der Waals surface area contributed by atoms with Crippen molar-refractivity contribution in [3.63, 3.8) is 0 Å². The maximum atomic E-state index is 13.9. The summed E-state index contributed by atoms with van der Waals surface area (Å²) in [6.45, 7) is 2.03. The first-order valence-electron chi connectivity index (χ1n) is 8.24. The van der Waals surface area contributed by atoms with Crippen LogP contribution in [0.15, 0.2) is 42.5 Å². The maximum absolute atomic E-state index is 13.9. The van der Waals surface area contributed by atoms with Gasteiger partial charge in [-0.25, -0.2) is 4.39 Å². The van der Waals surface area contributed by atoms with E-state index in [1.165, 1.54) is 6.07 Å². The van der Waals surface area contributed by atoms with Crippen LogP contribution >= 0.6 is 23.2 Å². The van der Waals surface area contributed by atoms with E-state index in [-0.39, 0.29) is 17.6 Å². The number of nitrogens with zero attached hydrogens (tertiary/aromatic N) is 1. The highest BCUT2D eigenvalue weighted by atomic mass is 35.5. The third-order valence-corrected chi connectivity index (χ3v) is 5.06. The molecule has 6 heteroatoms. The lowest BCUT2D eigenvalue weighted by molar-refractivity contribution is -0.121. The Balaban J connectivity index is 1.53. The number of anilines is 1. The van der Waals surface area contributed by atoms with Crippen LogP contribution in [-0.2, 0) is 11.3 Å². The number of likely N-dealkylation sites (tertiary alicyclic amines) is 1. The minimum Gasteiger partial charge on any atom is -0.325 e. The Morgan fingerprint density at radius 1 is 1.16 bits per heavy atom. The van der Waals surface area contributed by atoms with Crippen molar-refractivity contribution in [2.75, 3.05) is 18.4 Å². The van der Waals surface area contributed by atoms with E-state index in [4.69, 9.17) is 23.2 Å². The number of hydrogen-bond acceptors (Lipinski definition) is 2. The summed E-state index contributed by atoms with van der Waals surface area (Å²) in [6, 6.07) is 12.0. The van der Waals surface area contributed by atoms with Gasteiger partial charge in [0.25, 0.3) is 0 Å². The van der Waals surface area contributed by atoms with E-state index in [2.05, 4.69) is 10.2 Å². The molecule has 2 aromatic carbocycles. The topological polar surface area (TPSA) is 32.3 Å². The number of nitrogens with one attached hydrogen (secondary N) is 1. The third-order valence-electron chi connectivity index (χ3n) is 4.50. The fourth-order valence-electron chi connectivity index (χ4n) is 3.04. The van der Waals surface area contributed by atoms with Crippen LogP contribution in [-0.4, -0.2) is 23.9 Å². The lowest BCUT2D eigenvalue weighted by Crippen LogP contribution is -2.38. The van der Waals surface area contributed by atoms with Gasteiger partial charge in [-0.3, -0.25) is 9.69 Å². The summed E-state index contributed by atoms with van der Waals surface area (Å²) in [7, 11) is 0. The molecule has 0 aromatic heterocycles. The monoisotopic (exact) mass is 380 g/mol. The fraction of sp³-hybridized carbons (Fsp3) is 0.316. The van der Waals surface area contributed by atoms with Gasteiger partial charge in [0.05, 0.1) is 10.7 Å². The summed E-state index contributed by atoms with van der Waals surface area (Å²) in [5.74, 6) is -0.348. The summed E-state index contributed by atoms with van der Waals surface area (Å²) in [5, 5.41) is 3.83. The van der Waals surface area contributed by atoms with Crippen molar-refractivity contribution in [2.24, 2.45) is 5.92 Å². The van der Waals surface area contributed by atoms with Crippen LogP contribution in [0, 0.1) is 11.7 Å². The molecule has 3 nitrogen and oxygen atoms in total. The second kappa shape index (κ2) is 8.17. The molecular formula is C19H19Cl2FN2O. The minimum absolute atomic E-state index is 0.00887. The molecule has 1 saturated heterocycles. The first-order chi connectivity index (χ1) is 12.0. The number of benzene rings is 2. The van der Waals surface area contributed by atoms with E-state index < -0.39 is 0 Å². The van der Waals surface area contributed by atoms with E-state index in [1.807, 2.05) is 12.1 Å². The highest BCUT2D eigenvalue weighted by molar-refractivity contribution is 6.33. The zero-order chi connectivity index (χ0) is 17.8. The van der Waals surface area contributed by atoms with Crippen LogP contribution in [0.3, 0.4) is 0 Å². The van der Waals surface area contributed by atoms with Gasteiger partial charge in [0, 0.05) is 23.0 Å². The quantitative estimate of drug-likeness (QED) is 0.810. The SMILES string of the molecule is O=C(Nc1ccccc1Cl)C1CCN(Cc2ccc(Cl)cc2F)CC1. The van der Waals surface area contributed by atoms with Crippen molar-refractivity contribution in [1.82, 2.24) is 4.90 Å². The maximum Gasteiger partial charge on any atom is 0.227 e. The van der Waals surface area contributed by atoms with Gasteiger partial charge in [0.2, 0.25) is 5.91 Å². The first-order valence-corrected chi connectivity index (χ1v) is 9.00. The molecule has 0 bridgehead atoms. The number of halogens is 3. The molecule has 1 N–H and O–H groups in total. The molecule has 132 valence electrons. The zero-order valence-corrected chi connectivity index (χ0v) is 15.2. The van der Waals surface area contributed by atoms with Gasteiger partial charge in [-0.05, 0) is 50.2 Å². The molecular weight excluding hydrogens is 362 g/mol. The Labute approximate surface area is 156 Å². The van der Waals surface area contributed by atoms with Crippen LogP contribution < -0.4 is 5.32 Å². The van der Waals surface area contributed by atoms with E-state index in [0.717, 1.165) is 25.9 Å². The predicted octanol–water partition coefficient (Wildman–Crippen LogP) is 4.98. The Bertz CT molecular complexity index is 761. The zero-order valence-electron chi connectivity index (χ0n) is 13.6. The van der Waals surface area contributed by atoms with E-state index in [1.54, 1.807) is 24.3 Å². The molecule has 0 radical (unpaired) electrons. The van der Waals surface area contributed by atoms with Gasteiger partial charge in [0.1, 0.15) is 5.82 Å². The van der Waals surface area contributed by atoms with Gasteiger partial charge in [0.15, 0.2) is 0 Å². The molecule has 1 aliphatic heterocycles. The number of carbonyl (C=O) groups excluding carboxylic acids is 1. The average Bonchev–Trinajstić information content (AvgIpc) is 2.60. The Morgan fingerprint density at radius 3 is 2.56 bits per heavy atom. The van der Waals surface area contributed by atoms with Crippen molar-refractivity contribution in [3.8, 4) is 0 Å². The number of para-hydroxylation sites is 1. The third kappa shape index (κ3) is 4.72. The van der Waals surface area contributed by atoms with Crippen molar-refractivity contribution in [2.45, 2.75) is 19.4 Å². The van der Waals surface area contributed by atoms with Crippen LogP contribution in [0.4, 0.5) is 10.1 Å². The summed E-state index contributed by atoms with van der Waals surface area (Å²) < 4.78 is 13.9. The smallest absolute Gasteiger partial charge is 0.227 e. The van der Waals surface area contributed by atoms with Crippen molar-refractivity contribution >= 4 is 34.8 Å². The van der Waals surface area contributed by atoms with Gasteiger partial charge >= 0.3 is 0 Å². The molecule has 0 spiro atoms. The van der Waals surface area contributed by atoms with E-state index >= 15 is 0 Å². The average molecular weight is 381 g/mol. The van der Waals surface area contributed by atoms with Gasteiger partial charge < -0.3 is 5.32 Å². The van der Waals surface area contributed by atoms with Crippen molar-refractivity contribution in [3.05, 3.63) is 63.9 Å². The molecule has 1 fully saturated rings. The normalized spacial score (nSPS) is 16.0. The highest BCUT2D eigenvalue weighted by Gasteiger charge is 2.25. The van der Waals surface area contributed by atoms with Gasteiger partial charge in [-0.15, -0.1) is 0 Å². The van der Waals surface area contributed by atoms with Crippen LogP contribution in [0.2, 0.25) is 10.0 Å². The number of carbonyl (C=O) groups is 1. The molecule has 1 heterocycles.